The van der Waals surface area contributed by atoms with Crippen molar-refractivity contribution in [3.8, 4) is 0 Å². The quantitative estimate of drug-likeness (QED) is 0.806. The molecule has 0 saturated heterocycles. The van der Waals surface area contributed by atoms with Crippen LogP contribution in [0.3, 0.4) is 0 Å². The molecule has 5 nitrogen and oxygen atoms in total. The molecule has 3 rings (SSSR count). The average molecular weight is 308 g/mol. The third kappa shape index (κ3) is 3.23. The van der Waals surface area contributed by atoms with Gasteiger partial charge >= 0.3 is 0 Å². The molecule has 1 N–H and O–H groups in total. The van der Waals surface area contributed by atoms with E-state index in [0.717, 1.165) is 16.6 Å². The first-order valence-electron chi connectivity index (χ1n) is 7.69. The molecular weight excluding hydrogens is 288 g/mol. The van der Waals surface area contributed by atoms with E-state index in [1.165, 1.54) is 11.1 Å². The van der Waals surface area contributed by atoms with Crippen molar-refractivity contribution in [1.82, 2.24) is 20.3 Å². The highest BCUT2D eigenvalue weighted by Crippen LogP contribution is 2.18. The predicted molar refractivity (Wildman–Crippen MR) is 90.0 cm³/mol. The third-order valence-corrected chi connectivity index (χ3v) is 3.98. The summed E-state index contributed by atoms with van der Waals surface area (Å²) < 4.78 is 1.62. The minimum Gasteiger partial charge on any atom is -0.348 e. The molecule has 0 aliphatic carbocycles. The number of carbonyl (C=O) groups excluding carboxylic acids is 1. The number of carbonyl (C=O) groups is 1. The Morgan fingerprint density at radius 3 is 2.78 bits per heavy atom. The largest absolute Gasteiger partial charge is 0.348 e. The second-order valence-electron chi connectivity index (χ2n) is 5.89. The molecule has 0 radical (unpaired) electrons. The molecule has 23 heavy (non-hydrogen) atoms. The molecule has 0 unspecified atom stereocenters. The number of para-hydroxylation sites is 1. The molecule has 0 aliphatic rings. The van der Waals surface area contributed by atoms with Crippen LogP contribution in [0.15, 0.2) is 42.5 Å². The molecule has 0 saturated carbocycles. The van der Waals surface area contributed by atoms with Crippen molar-refractivity contribution < 1.29 is 4.79 Å². The Hall–Kier alpha value is -2.69. The maximum absolute atomic E-state index is 12.3. The van der Waals surface area contributed by atoms with Gasteiger partial charge in [0.2, 0.25) is 5.91 Å². The lowest BCUT2D eigenvalue weighted by Crippen LogP contribution is -2.30. The van der Waals surface area contributed by atoms with Gasteiger partial charge in [-0.15, -0.1) is 5.10 Å². The van der Waals surface area contributed by atoms with Crippen LogP contribution in [-0.4, -0.2) is 20.9 Å². The average Bonchev–Trinajstić information content (AvgIpc) is 2.90. The summed E-state index contributed by atoms with van der Waals surface area (Å²) >= 11 is 0. The van der Waals surface area contributed by atoms with Gasteiger partial charge in [0.15, 0.2) is 0 Å². The molecule has 0 aliphatic heterocycles. The summed E-state index contributed by atoms with van der Waals surface area (Å²) in [6, 6.07) is 13.8. The Balaban J connectivity index is 1.71. The molecule has 5 heteroatoms. The van der Waals surface area contributed by atoms with E-state index in [-0.39, 0.29) is 18.5 Å². The maximum Gasteiger partial charge on any atom is 0.242 e. The molecule has 118 valence electrons. The fourth-order valence-corrected chi connectivity index (χ4v) is 2.85. The number of fused-ring (bicyclic) bond motifs is 1. The van der Waals surface area contributed by atoms with Gasteiger partial charge in [0, 0.05) is 0 Å². The van der Waals surface area contributed by atoms with Gasteiger partial charge in [-0.2, -0.15) is 0 Å². The van der Waals surface area contributed by atoms with Crippen molar-refractivity contribution in [3.63, 3.8) is 0 Å². The van der Waals surface area contributed by atoms with Crippen LogP contribution in [-0.2, 0) is 11.3 Å². The van der Waals surface area contributed by atoms with Crippen LogP contribution < -0.4 is 5.32 Å². The lowest BCUT2D eigenvalue weighted by atomic mass is 10.0. The lowest BCUT2D eigenvalue weighted by molar-refractivity contribution is -0.122. The van der Waals surface area contributed by atoms with Crippen molar-refractivity contribution in [2.24, 2.45) is 0 Å². The summed E-state index contributed by atoms with van der Waals surface area (Å²) in [5, 5.41) is 11.1. The molecule has 1 aromatic heterocycles. The first kappa shape index (κ1) is 15.2. The molecule has 1 amide bonds. The van der Waals surface area contributed by atoms with E-state index in [4.69, 9.17) is 0 Å². The molecule has 0 spiro atoms. The topological polar surface area (TPSA) is 59.8 Å². The van der Waals surface area contributed by atoms with Gasteiger partial charge in [-0.3, -0.25) is 4.79 Å². The SMILES string of the molecule is Cc1ccc([C@H](C)NC(=O)Cn2nnc3ccccc32)c(C)c1. The van der Waals surface area contributed by atoms with Crippen molar-refractivity contribution in [3.05, 3.63) is 59.2 Å². The Morgan fingerprint density at radius 1 is 1.22 bits per heavy atom. The van der Waals surface area contributed by atoms with E-state index in [1.54, 1.807) is 4.68 Å². The van der Waals surface area contributed by atoms with Crippen LogP contribution in [0, 0.1) is 13.8 Å². The van der Waals surface area contributed by atoms with E-state index in [2.05, 4.69) is 47.7 Å². The Bertz CT molecular complexity index is 853. The molecule has 3 aromatic rings. The second-order valence-corrected chi connectivity index (χ2v) is 5.89. The van der Waals surface area contributed by atoms with Gasteiger partial charge in [-0.05, 0) is 44.0 Å². The minimum atomic E-state index is -0.0758. The smallest absolute Gasteiger partial charge is 0.242 e. The molecule has 0 fully saturated rings. The van der Waals surface area contributed by atoms with E-state index in [1.807, 2.05) is 31.2 Å². The van der Waals surface area contributed by atoms with Gasteiger partial charge in [0.05, 0.1) is 11.6 Å². The minimum absolute atomic E-state index is 0.0436. The molecule has 2 aromatic carbocycles. The second kappa shape index (κ2) is 6.20. The van der Waals surface area contributed by atoms with E-state index >= 15 is 0 Å². The number of hydrogen-bond acceptors (Lipinski definition) is 3. The fourth-order valence-electron chi connectivity index (χ4n) is 2.85. The summed E-state index contributed by atoms with van der Waals surface area (Å²) in [7, 11) is 0. The van der Waals surface area contributed by atoms with Gasteiger partial charge in [-0.25, -0.2) is 4.68 Å². The van der Waals surface area contributed by atoms with Gasteiger partial charge in [0.25, 0.3) is 0 Å². The molecule has 1 atom stereocenters. The zero-order valence-electron chi connectivity index (χ0n) is 13.6. The number of amides is 1. The number of rotatable bonds is 4. The van der Waals surface area contributed by atoms with E-state index in [9.17, 15) is 4.79 Å². The van der Waals surface area contributed by atoms with Crippen LogP contribution in [0.2, 0.25) is 0 Å². The monoisotopic (exact) mass is 308 g/mol. The molecular formula is C18H20N4O. The number of nitrogens with zero attached hydrogens (tertiary/aromatic N) is 3. The number of nitrogens with one attached hydrogen (secondary N) is 1. The number of aromatic nitrogens is 3. The van der Waals surface area contributed by atoms with Crippen molar-refractivity contribution >= 4 is 16.9 Å². The summed E-state index contributed by atoms with van der Waals surface area (Å²) in [5.74, 6) is -0.0758. The highest BCUT2D eigenvalue weighted by Gasteiger charge is 2.13. The first-order chi connectivity index (χ1) is 11.0. The standard InChI is InChI=1S/C18H20N4O/c1-12-8-9-15(13(2)10-12)14(3)19-18(23)11-22-17-7-5-4-6-16(17)20-21-22/h4-10,14H,11H2,1-3H3,(H,19,23)/t14-/m0/s1. The zero-order chi connectivity index (χ0) is 16.4. The molecule has 0 bridgehead atoms. The normalized spacial score (nSPS) is 12.3. The summed E-state index contributed by atoms with van der Waals surface area (Å²) in [6.07, 6.45) is 0. The van der Waals surface area contributed by atoms with Gasteiger partial charge in [0.1, 0.15) is 12.1 Å². The third-order valence-electron chi connectivity index (χ3n) is 3.98. The Kier molecular flexibility index (Phi) is 4.10. The van der Waals surface area contributed by atoms with E-state index < -0.39 is 0 Å². The van der Waals surface area contributed by atoms with E-state index in [0.29, 0.717) is 0 Å². The Labute approximate surface area is 135 Å². The van der Waals surface area contributed by atoms with Gasteiger partial charge in [-0.1, -0.05) is 41.1 Å². The van der Waals surface area contributed by atoms with Crippen LogP contribution in [0.25, 0.3) is 11.0 Å². The fraction of sp³-hybridized carbons (Fsp3) is 0.278. The van der Waals surface area contributed by atoms with Crippen LogP contribution >= 0.6 is 0 Å². The summed E-state index contributed by atoms with van der Waals surface area (Å²) in [4.78, 5) is 12.3. The molecule has 1 heterocycles. The van der Waals surface area contributed by atoms with Crippen LogP contribution in [0.5, 0.6) is 0 Å². The highest BCUT2D eigenvalue weighted by molar-refractivity contribution is 5.80. The maximum atomic E-state index is 12.3. The van der Waals surface area contributed by atoms with Gasteiger partial charge < -0.3 is 5.32 Å². The Morgan fingerprint density at radius 2 is 2.00 bits per heavy atom. The van der Waals surface area contributed by atoms with Crippen molar-refractivity contribution in [2.45, 2.75) is 33.4 Å². The summed E-state index contributed by atoms with van der Waals surface area (Å²) in [5.41, 5.74) is 5.19. The van der Waals surface area contributed by atoms with Crippen LogP contribution in [0.4, 0.5) is 0 Å². The lowest BCUT2D eigenvalue weighted by Gasteiger charge is -2.17. The predicted octanol–water partition coefficient (Wildman–Crippen LogP) is 2.93. The number of benzene rings is 2. The van der Waals surface area contributed by atoms with Crippen LogP contribution in [0.1, 0.15) is 29.7 Å². The first-order valence-corrected chi connectivity index (χ1v) is 7.69. The highest BCUT2D eigenvalue weighted by atomic mass is 16.2. The number of aryl methyl sites for hydroxylation is 2. The van der Waals surface area contributed by atoms with Crippen molar-refractivity contribution in [1.29, 1.82) is 0 Å². The van der Waals surface area contributed by atoms with Crippen molar-refractivity contribution in [2.75, 3.05) is 0 Å². The summed E-state index contributed by atoms with van der Waals surface area (Å²) in [6.45, 7) is 6.29. The number of hydrogen-bond donors (Lipinski definition) is 1. The zero-order valence-corrected chi connectivity index (χ0v) is 13.6.